The van der Waals surface area contributed by atoms with Crippen molar-refractivity contribution in [2.75, 3.05) is 0 Å². The maximum Gasteiger partial charge on any atom is 0.322 e. The van der Waals surface area contributed by atoms with Gasteiger partial charge in [-0.2, -0.15) is 0 Å². The highest BCUT2D eigenvalue weighted by atomic mass is 16.2. The number of amides is 21. The zero-order valence-corrected chi connectivity index (χ0v) is 65.1. The third-order valence-corrected chi connectivity index (χ3v) is 19.9. The molecule has 4 aromatic heterocycles. The second-order valence-corrected chi connectivity index (χ2v) is 29.3. The third-order valence-electron chi connectivity index (χ3n) is 19.9. The van der Waals surface area contributed by atoms with Crippen LogP contribution in [0, 0.1) is 18.8 Å². The van der Waals surface area contributed by atoms with E-state index in [-0.39, 0.29) is 127 Å². The summed E-state index contributed by atoms with van der Waals surface area (Å²) in [4.78, 5) is 262. The standard InChI is InChI=1S/C13H15N3O3.C12H13N3O3.2C11H12N4O3.2C10H14N2O3.C8H12N2O3/c1-8-4-3-5-10(14-8)13(7-6-9(2)17)11(18)15-12(19)16-13;1-8(16)4-5-12(9-3-2-6-13-7-9)10(17)14-11(18)15-12;1-7(16)3-4-11(8-12-5-2-6-13-8)9(17)14-10(18)15-11;1-7(16)2-3-11(8-6-12-4-5-13-8)9(17)14-10(18)15-11;2*1-6(13)4-5-10(7-2-3-7)8(14)11-9(15)12-10;1-5(11)3-4-8(2)6(12)9-7(13)10-8/h3-5H,6-7H2,1-2H3,(H2,15,16,18,19);2-3,6-7H,4-5H2,1H3,(H2,14,15,17,18);2,5-6H,3-4H2,1H3,(H2,14,15,17,18);4-6H,2-3H2,1H3,(H2,14,15,17,18);2*7H,2-5H2,1H3,(H2,11,12,14,15);3-4H2,1-2H3,(H2,9,10,12,13)/t;;;;10-;;8-/m....0.1/s1. The van der Waals surface area contributed by atoms with Gasteiger partial charge in [-0.15, -0.1) is 0 Å². The number of rotatable bonds is 27. The molecule has 5 unspecified atom stereocenters. The quantitative estimate of drug-likeness (QED) is 0.0378. The largest absolute Gasteiger partial charge is 0.324 e. The number of aryl methyl sites for hydroxylation is 1. The molecule has 2 saturated carbocycles. The molecule has 2 aliphatic carbocycles. The van der Waals surface area contributed by atoms with Crippen molar-refractivity contribution >= 4 is 124 Å². The number of hydrogen-bond donors (Lipinski definition) is 14. The normalized spacial score (nSPS) is 24.8. The molecule has 7 atom stereocenters. The lowest BCUT2D eigenvalue weighted by molar-refractivity contribution is -0.126. The molecule has 9 fully saturated rings. The highest BCUT2D eigenvalue weighted by Crippen LogP contribution is 2.45. The fourth-order valence-corrected chi connectivity index (χ4v) is 13.2. The molecule has 0 radical (unpaired) electrons. The molecule has 41 heteroatoms. The van der Waals surface area contributed by atoms with Gasteiger partial charge >= 0.3 is 42.2 Å². The number of ketones is 7. The number of aromatic nitrogens is 6. The lowest BCUT2D eigenvalue weighted by atomic mass is 9.86. The summed E-state index contributed by atoms with van der Waals surface area (Å²) < 4.78 is 0. The number of carbonyl (C=O) groups excluding carboxylic acids is 21. The lowest BCUT2D eigenvalue weighted by Gasteiger charge is -2.25. The maximum atomic E-state index is 12.1. The van der Waals surface area contributed by atoms with E-state index in [2.05, 4.69) is 104 Å². The van der Waals surface area contributed by atoms with E-state index in [9.17, 15) is 101 Å². The van der Waals surface area contributed by atoms with Crippen LogP contribution in [0.25, 0.3) is 0 Å². The van der Waals surface area contributed by atoms with Crippen molar-refractivity contribution in [3.8, 4) is 0 Å². The molecule has 0 aromatic carbocycles. The van der Waals surface area contributed by atoms with Crippen molar-refractivity contribution in [3.05, 3.63) is 108 Å². The Labute approximate surface area is 663 Å². The number of carbonyl (C=O) groups is 21. The minimum absolute atomic E-state index is 0.00942. The first kappa shape index (κ1) is 89.9. The Bertz CT molecular complexity index is 4300. The number of nitrogens with one attached hydrogen (secondary N) is 14. The summed E-state index contributed by atoms with van der Waals surface area (Å²) in [6.45, 7) is 13.6. The molecule has 14 N–H and O–H groups in total. The molecule has 41 nitrogen and oxygen atoms in total. The molecule has 116 heavy (non-hydrogen) atoms. The maximum absolute atomic E-state index is 12.1. The van der Waals surface area contributed by atoms with Crippen LogP contribution in [0.1, 0.15) is 199 Å². The van der Waals surface area contributed by atoms with E-state index in [0.29, 0.717) is 55.5 Å². The van der Waals surface area contributed by atoms with Crippen molar-refractivity contribution in [1.29, 1.82) is 0 Å². The smallest absolute Gasteiger partial charge is 0.322 e. The van der Waals surface area contributed by atoms with Crippen LogP contribution in [0.5, 0.6) is 0 Å². The van der Waals surface area contributed by atoms with E-state index in [1.165, 1.54) is 85.6 Å². The Hall–Kier alpha value is -13.3. The van der Waals surface area contributed by atoms with Crippen LogP contribution in [0.15, 0.2) is 79.8 Å². The molecule has 11 heterocycles. The summed E-state index contributed by atoms with van der Waals surface area (Å²) in [6.07, 6.45) is 17.8. The summed E-state index contributed by atoms with van der Waals surface area (Å²) in [6, 6.07) is 6.59. The van der Waals surface area contributed by atoms with Gasteiger partial charge in [-0.1, -0.05) is 12.1 Å². The summed E-state index contributed by atoms with van der Waals surface area (Å²) in [5, 5.41) is 33.5. The van der Waals surface area contributed by atoms with E-state index in [0.717, 1.165) is 31.4 Å². The van der Waals surface area contributed by atoms with Gasteiger partial charge in [0.2, 0.25) is 0 Å². The molecule has 0 bridgehead atoms. The van der Waals surface area contributed by atoms with Gasteiger partial charge in [-0.25, -0.2) is 43.5 Å². The number of hydrogen-bond acceptors (Lipinski definition) is 27. The van der Waals surface area contributed by atoms with E-state index in [1.807, 2.05) is 0 Å². The molecule has 9 aliphatic rings. The van der Waals surface area contributed by atoms with Gasteiger partial charge < -0.3 is 70.8 Å². The van der Waals surface area contributed by atoms with Gasteiger partial charge in [0.15, 0.2) is 22.4 Å². The number of nitrogens with zero attached hydrogens (tertiary/aromatic N) is 6. The SMILES string of the molecule is CC(=O)CCC1(C2CC2)NC(=O)NC1=O.CC(=O)CCC1(c2cccc(C)n2)NC(=O)NC1=O.CC(=O)CCC1(c2cccnc2)NC(=O)NC1=O.CC(=O)CCC1(c2cnccn2)NC(=O)NC1=O.CC(=O)CCC1(c2ncccn2)NC(=O)NC1=O.CC(=O)CC[C@@]1(C)NC(=O)NC1=O.CC(=O)CC[C@@]1(C2CC2)NC(=O)NC1=O. The van der Waals surface area contributed by atoms with Crippen LogP contribution in [0.3, 0.4) is 0 Å². The van der Waals surface area contributed by atoms with Crippen LogP contribution in [-0.4, -0.2) is 171 Å². The van der Waals surface area contributed by atoms with Crippen molar-refractivity contribution in [2.45, 2.75) is 217 Å². The monoisotopic (exact) mass is 1610 g/mol. The van der Waals surface area contributed by atoms with Crippen molar-refractivity contribution in [1.82, 2.24) is 104 Å². The van der Waals surface area contributed by atoms with Crippen molar-refractivity contribution < 1.29 is 101 Å². The van der Waals surface area contributed by atoms with Gasteiger partial charge in [-0.3, -0.25) is 90.7 Å². The summed E-state index contributed by atoms with van der Waals surface area (Å²) in [5.41, 5.74) is -5.48. The molecule has 0 spiro atoms. The van der Waals surface area contributed by atoms with Crippen LogP contribution in [0.2, 0.25) is 0 Å². The molecule has 7 aliphatic heterocycles. The summed E-state index contributed by atoms with van der Waals surface area (Å²) >= 11 is 0. The lowest BCUT2D eigenvalue weighted by Crippen LogP contribution is -2.49. The Balaban J connectivity index is 0.000000188. The fourth-order valence-electron chi connectivity index (χ4n) is 13.2. The predicted octanol–water partition coefficient (Wildman–Crippen LogP) is 1.68. The van der Waals surface area contributed by atoms with E-state index < -0.39 is 105 Å². The van der Waals surface area contributed by atoms with Crippen LogP contribution in [-0.2, 0) is 89.3 Å². The van der Waals surface area contributed by atoms with Crippen molar-refractivity contribution in [2.24, 2.45) is 11.8 Å². The average molecular weight is 1610 g/mol. The molecule has 618 valence electrons. The number of Topliss-reactive ketones (excluding diaryl/α,β-unsaturated/α-hetero) is 7. The average Bonchev–Trinajstić information content (AvgIpc) is 1.61. The van der Waals surface area contributed by atoms with Gasteiger partial charge in [0.1, 0.15) is 62.6 Å². The zero-order chi connectivity index (χ0) is 85.7. The van der Waals surface area contributed by atoms with E-state index >= 15 is 0 Å². The molecule has 13 rings (SSSR count). The molecule has 4 aromatic rings. The highest BCUT2D eigenvalue weighted by molar-refractivity contribution is 6.11. The van der Waals surface area contributed by atoms with Crippen molar-refractivity contribution in [3.63, 3.8) is 0 Å². The zero-order valence-electron chi connectivity index (χ0n) is 65.1. The first-order valence-electron chi connectivity index (χ1n) is 36.9. The fraction of sp³-hybridized carbons (Fsp3) is 0.480. The van der Waals surface area contributed by atoms with E-state index in [1.54, 1.807) is 56.4 Å². The van der Waals surface area contributed by atoms with Gasteiger partial charge in [0.25, 0.3) is 41.4 Å². The topological polar surface area (TPSA) is 604 Å². The molecule has 21 amide bonds. The van der Waals surface area contributed by atoms with Gasteiger partial charge in [-0.05, 0) is 169 Å². The predicted molar refractivity (Wildman–Crippen MR) is 399 cm³/mol. The third kappa shape index (κ3) is 22.8. The summed E-state index contributed by atoms with van der Waals surface area (Å²) in [7, 11) is 0. The van der Waals surface area contributed by atoms with E-state index in [4.69, 9.17) is 0 Å². The second-order valence-electron chi connectivity index (χ2n) is 29.3. The Morgan fingerprint density at radius 2 is 0.690 bits per heavy atom. The van der Waals surface area contributed by atoms with Crippen LogP contribution in [0.4, 0.5) is 33.6 Å². The minimum atomic E-state index is -1.34. The summed E-state index contributed by atoms with van der Waals surface area (Å²) in [5.74, 6) is -2.33. The van der Waals surface area contributed by atoms with Crippen LogP contribution >= 0.6 is 0 Å². The first-order valence-corrected chi connectivity index (χ1v) is 36.9. The number of urea groups is 7. The molecule has 7 saturated heterocycles. The van der Waals surface area contributed by atoms with Crippen LogP contribution < -0.4 is 74.4 Å². The number of pyridine rings is 2. The Morgan fingerprint density at radius 3 is 1.03 bits per heavy atom. The molecular weight excluding hydrogens is 1520 g/mol. The number of imide groups is 7. The molecular formula is C75H92N20O21. The highest BCUT2D eigenvalue weighted by Gasteiger charge is 2.58. The minimum Gasteiger partial charge on any atom is -0.324 e. The second kappa shape index (κ2) is 38.5. The van der Waals surface area contributed by atoms with Gasteiger partial charge in [0, 0.05) is 93.4 Å². The van der Waals surface area contributed by atoms with Gasteiger partial charge in [0.05, 0.1) is 17.6 Å². The Morgan fingerprint density at radius 1 is 0.336 bits per heavy atom. The first-order chi connectivity index (χ1) is 54.6. The Kier molecular flexibility index (Phi) is 29.9.